The fourth-order valence-corrected chi connectivity index (χ4v) is 3.37. The minimum atomic E-state index is -0.157. The van der Waals surface area contributed by atoms with Crippen LogP contribution in [0.25, 0.3) is 0 Å². The van der Waals surface area contributed by atoms with Crippen LogP contribution in [0.3, 0.4) is 0 Å². The van der Waals surface area contributed by atoms with Gasteiger partial charge in [0, 0.05) is 12.2 Å². The average Bonchev–Trinajstić information content (AvgIpc) is 3.13. The van der Waals surface area contributed by atoms with Crippen LogP contribution in [-0.4, -0.2) is 17.4 Å². The van der Waals surface area contributed by atoms with Crippen molar-refractivity contribution < 1.29 is 4.79 Å². The second kappa shape index (κ2) is 7.00. The van der Waals surface area contributed by atoms with Crippen LogP contribution in [0.2, 0.25) is 0 Å². The standard InChI is InChI=1S/C22H21N3O/c1-16(17-8-3-2-4-9-17)23-22(26)19-11-7-13-21(24-19)25-15-14-18-10-5-6-12-20(18)25/h2-13,16H,14-15H2,1H3,(H,23,26). The number of nitrogens with zero attached hydrogens (tertiary/aromatic N) is 2. The van der Waals surface area contributed by atoms with Crippen LogP contribution in [0.4, 0.5) is 11.5 Å². The first kappa shape index (κ1) is 16.3. The van der Waals surface area contributed by atoms with E-state index in [9.17, 15) is 4.79 Å². The first-order chi connectivity index (χ1) is 12.7. The number of anilines is 2. The van der Waals surface area contributed by atoms with Gasteiger partial charge in [0.2, 0.25) is 0 Å². The predicted octanol–water partition coefficient (Wildman–Crippen LogP) is 4.27. The molecule has 0 bridgehead atoms. The molecule has 26 heavy (non-hydrogen) atoms. The molecule has 1 aliphatic heterocycles. The van der Waals surface area contributed by atoms with Crippen LogP contribution in [-0.2, 0) is 6.42 Å². The highest BCUT2D eigenvalue weighted by molar-refractivity contribution is 5.93. The first-order valence-corrected chi connectivity index (χ1v) is 8.91. The number of fused-ring (bicyclic) bond motifs is 1. The van der Waals surface area contributed by atoms with Crippen LogP contribution in [0, 0.1) is 0 Å². The summed E-state index contributed by atoms with van der Waals surface area (Å²) in [5.41, 5.74) is 4.01. The molecule has 1 atom stereocenters. The van der Waals surface area contributed by atoms with E-state index in [1.165, 1.54) is 11.3 Å². The minimum Gasteiger partial charge on any atom is -0.344 e. The Morgan fingerprint density at radius 3 is 2.62 bits per heavy atom. The fourth-order valence-electron chi connectivity index (χ4n) is 3.37. The van der Waals surface area contributed by atoms with E-state index in [1.54, 1.807) is 6.07 Å². The molecule has 4 heteroatoms. The van der Waals surface area contributed by atoms with E-state index in [1.807, 2.05) is 55.5 Å². The summed E-state index contributed by atoms with van der Waals surface area (Å²) in [5, 5.41) is 3.03. The number of aromatic nitrogens is 1. The molecule has 1 aliphatic rings. The van der Waals surface area contributed by atoms with E-state index in [4.69, 9.17) is 0 Å². The Kier molecular flexibility index (Phi) is 4.40. The lowest BCUT2D eigenvalue weighted by Gasteiger charge is -2.19. The molecular weight excluding hydrogens is 322 g/mol. The van der Waals surface area contributed by atoms with Gasteiger partial charge in [-0.05, 0) is 42.7 Å². The quantitative estimate of drug-likeness (QED) is 0.769. The summed E-state index contributed by atoms with van der Waals surface area (Å²) in [7, 11) is 0. The van der Waals surface area contributed by atoms with Crippen molar-refractivity contribution in [1.82, 2.24) is 10.3 Å². The number of hydrogen-bond acceptors (Lipinski definition) is 3. The minimum absolute atomic E-state index is 0.0679. The zero-order chi connectivity index (χ0) is 17.9. The molecule has 2 aromatic carbocycles. The van der Waals surface area contributed by atoms with E-state index in [0.717, 1.165) is 24.3 Å². The molecule has 4 rings (SSSR count). The highest BCUT2D eigenvalue weighted by Gasteiger charge is 2.21. The Hall–Kier alpha value is -3.14. The number of para-hydroxylation sites is 1. The zero-order valence-electron chi connectivity index (χ0n) is 14.7. The largest absolute Gasteiger partial charge is 0.344 e. The summed E-state index contributed by atoms with van der Waals surface area (Å²) in [6, 6.07) is 23.8. The van der Waals surface area contributed by atoms with Crippen molar-refractivity contribution in [3.63, 3.8) is 0 Å². The monoisotopic (exact) mass is 343 g/mol. The summed E-state index contributed by atoms with van der Waals surface area (Å²) in [6.07, 6.45) is 0.999. The lowest BCUT2D eigenvalue weighted by molar-refractivity contribution is 0.0935. The number of rotatable bonds is 4. The first-order valence-electron chi connectivity index (χ1n) is 8.91. The Morgan fingerprint density at radius 1 is 1.00 bits per heavy atom. The van der Waals surface area contributed by atoms with Crippen molar-refractivity contribution in [2.75, 3.05) is 11.4 Å². The SMILES string of the molecule is CC(NC(=O)c1cccc(N2CCc3ccccc32)n1)c1ccccc1. The lowest BCUT2D eigenvalue weighted by atomic mass is 10.1. The van der Waals surface area contributed by atoms with E-state index < -0.39 is 0 Å². The summed E-state index contributed by atoms with van der Waals surface area (Å²) in [5.74, 6) is 0.658. The Balaban J connectivity index is 1.54. The van der Waals surface area contributed by atoms with Gasteiger partial charge in [0.25, 0.3) is 5.91 Å². The summed E-state index contributed by atoms with van der Waals surface area (Å²) in [6.45, 7) is 2.87. The fraction of sp³-hybridized carbons (Fsp3) is 0.182. The highest BCUT2D eigenvalue weighted by atomic mass is 16.1. The molecule has 0 radical (unpaired) electrons. The molecule has 1 unspecified atom stereocenters. The number of hydrogen-bond donors (Lipinski definition) is 1. The smallest absolute Gasteiger partial charge is 0.270 e. The average molecular weight is 343 g/mol. The molecule has 0 saturated heterocycles. The topological polar surface area (TPSA) is 45.2 Å². The number of pyridine rings is 1. The Bertz CT molecular complexity index is 923. The van der Waals surface area contributed by atoms with Crippen molar-refractivity contribution in [2.45, 2.75) is 19.4 Å². The van der Waals surface area contributed by atoms with Gasteiger partial charge >= 0.3 is 0 Å². The van der Waals surface area contributed by atoms with Gasteiger partial charge in [0.05, 0.1) is 6.04 Å². The maximum absolute atomic E-state index is 12.6. The summed E-state index contributed by atoms with van der Waals surface area (Å²) in [4.78, 5) is 19.4. The van der Waals surface area contributed by atoms with Crippen LogP contribution < -0.4 is 10.2 Å². The molecule has 0 fully saturated rings. The number of carbonyl (C=O) groups is 1. The zero-order valence-corrected chi connectivity index (χ0v) is 14.7. The number of amides is 1. The van der Waals surface area contributed by atoms with Gasteiger partial charge in [-0.2, -0.15) is 0 Å². The lowest BCUT2D eigenvalue weighted by Crippen LogP contribution is -2.28. The number of carbonyl (C=O) groups excluding carboxylic acids is 1. The van der Waals surface area contributed by atoms with Gasteiger partial charge in [-0.1, -0.05) is 54.6 Å². The normalized spacial score (nSPS) is 14.0. The highest BCUT2D eigenvalue weighted by Crippen LogP contribution is 2.33. The van der Waals surface area contributed by atoms with Gasteiger partial charge in [0.15, 0.2) is 0 Å². The second-order valence-electron chi connectivity index (χ2n) is 6.52. The second-order valence-corrected chi connectivity index (χ2v) is 6.52. The third kappa shape index (κ3) is 3.18. The number of nitrogens with one attached hydrogen (secondary N) is 1. The summed E-state index contributed by atoms with van der Waals surface area (Å²) < 4.78 is 0. The van der Waals surface area contributed by atoms with E-state index in [0.29, 0.717) is 5.69 Å². The molecule has 0 spiro atoms. The maximum atomic E-state index is 12.6. The third-order valence-corrected chi connectivity index (χ3v) is 4.78. The van der Waals surface area contributed by atoms with Crippen LogP contribution in [0.5, 0.6) is 0 Å². The van der Waals surface area contributed by atoms with E-state index in [-0.39, 0.29) is 11.9 Å². The maximum Gasteiger partial charge on any atom is 0.270 e. The van der Waals surface area contributed by atoms with Crippen molar-refractivity contribution in [3.8, 4) is 0 Å². The Labute approximate surface area is 153 Å². The van der Waals surface area contributed by atoms with Gasteiger partial charge < -0.3 is 10.2 Å². The predicted molar refractivity (Wildman–Crippen MR) is 104 cm³/mol. The van der Waals surface area contributed by atoms with Crippen LogP contribution in [0.15, 0.2) is 72.8 Å². The van der Waals surface area contributed by atoms with Gasteiger partial charge in [-0.15, -0.1) is 0 Å². The number of benzene rings is 2. The van der Waals surface area contributed by atoms with Crippen LogP contribution >= 0.6 is 0 Å². The van der Waals surface area contributed by atoms with Crippen molar-refractivity contribution in [3.05, 3.63) is 89.6 Å². The molecule has 0 saturated carbocycles. The van der Waals surface area contributed by atoms with Crippen molar-refractivity contribution in [2.24, 2.45) is 0 Å². The molecule has 130 valence electrons. The van der Waals surface area contributed by atoms with Crippen LogP contribution in [0.1, 0.15) is 34.6 Å². The van der Waals surface area contributed by atoms with Gasteiger partial charge in [0.1, 0.15) is 11.5 Å². The van der Waals surface area contributed by atoms with Crippen molar-refractivity contribution in [1.29, 1.82) is 0 Å². The molecule has 1 aromatic heterocycles. The van der Waals surface area contributed by atoms with E-state index in [2.05, 4.69) is 33.4 Å². The molecular formula is C22H21N3O. The molecule has 2 heterocycles. The van der Waals surface area contributed by atoms with Crippen molar-refractivity contribution >= 4 is 17.4 Å². The molecule has 1 amide bonds. The van der Waals surface area contributed by atoms with E-state index >= 15 is 0 Å². The molecule has 3 aromatic rings. The van der Waals surface area contributed by atoms with Gasteiger partial charge in [-0.25, -0.2) is 4.98 Å². The third-order valence-electron chi connectivity index (χ3n) is 4.78. The summed E-state index contributed by atoms with van der Waals surface area (Å²) >= 11 is 0. The Morgan fingerprint density at radius 2 is 1.77 bits per heavy atom. The molecule has 0 aliphatic carbocycles. The molecule has 1 N–H and O–H groups in total. The van der Waals surface area contributed by atoms with Gasteiger partial charge in [-0.3, -0.25) is 4.79 Å². The molecule has 4 nitrogen and oxygen atoms in total.